The average Bonchev–Trinajstić information content (AvgIpc) is 3.26. The molecule has 4 heterocycles. The van der Waals surface area contributed by atoms with Crippen LogP contribution in [0, 0.1) is 5.82 Å². The van der Waals surface area contributed by atoms with E-state index in [4.69, 9.17) is 26.1 Å². The summed E-state index contributed by atoms with van der Waals surface area (Å²) in [6.45, 7) is 5.32. The average molecular weight is 556 g/mol. The Labute approximate surface area is 231 Å². The number of hydrogen-bond acceptors (Lipinski definition) is 7. The van der Waals surface area contributed by atoms with Gasteiger partial charge in [0.1, 0.15) is 18.2 Å². The summed E-state index contributed by atoms with van der Waals surface area (Å²) in [6, 6.07) is 10.2. The fraction of sp³-hybridized carbons (Fsp3) is 0.429. The number of hydrogen-bond donors (Lipinski definition) is 1. The second kappa shape index (κ2) is 12.2. The van der Waals surface area contributed by atoms with Crippen LogP contribution in [-0.2, 0) is 29.2 Å². The number of benzene rings is 1. The van der Waals surface area contributed by atoms with Gasteiger partial charge in [-0.05, 0) is 63.6 Å². The van der Waals surface area contributed by atoms with Gasteiger partial charge in [0.2, 0.25) is 5.88 Å². The number of pyridine rings is 1. The summed E-state index contributed by atoms with van der Waals surface area (Å²) in [5.74, 6) is 0.713. The lowest BCUT2D eigenvalue weighted by molar-refractivity contribution is -0.132. The summed E-state index contributed by atoms with van der Waals surface area (Å²) in [4.78, 5) is 18.4. The van der Waals surface area contributed by atoms with E-state index in [1.165, 1.54) is 6.07 Å². The topological polar surface area (TPSA) is 103 Å². The number of aliphatic carboxylic acids is 1. The van der Waals surface area contributed by atoms with E-state index in [9.17, 15) is 14.3 Å². The Hall–Kier alpha value is -3.34. The molecule has 1 unspecified atom stereocenters. The molecule has 0 aliphatic carbocycles. The molecule has 39 heavy (non-hydrogen) atoms. The molecular weight excluding hydrogens is 525 g/mol. The number of rotatable bonds is 10. The van der Waals surface area contributed by atoms with Crippen molar-refractivity contribution < 1.29 is 23.8 Å². The minimum atomic E-state index is -0.978. The van der Waals surface area contributed by atoms with Crippen LogP contribution in [0.15, 0.2) is 42.0 Å². The van der Waals surface area contributed by atoms with Crippen LogP contribution < -0.4 is 4.74 Å². The number of carboxylic acid groups (broad SMARTS) is 1. The molecule has 0 bridgehead atoms. The second-order valence-corrected chi connectivity index (χ2v) is 10.4. The lowest BCUT2D eigenvalue weighted by Gasteiger charge is -2.32. The molecule has 9 nitrogen and oxygen atoms in total. The molecule has 5 rings (SSSR count). The largest absolute Gasteiger partial charge is 0.478 e. The number of carbonyl (C=O) groups is 1. The molecule has 2 fully saturated rings. The van der Waals surface area contributed by atoms with Crippen molar-refractivity contribution in [2.24, 2.45) is 0 Å². The second-order valence-electron chi connectivity index (χ2n) is 9.97. The zero-order valence-corrected chi connectivity index (χ0v) is 22.5. The zero-order valence-electron chi connectivity index (χ0n) is 21.7. The number of aromatic nitrogens is 4. The summed E-state index contributed by atoms with van der Waals surface area (Å²) in [6.07, 6.45) is 4.47. The van der Waals surface area contributed by atoms with E-state index >= 15 is 0 Å². The van der Waals surface area contributed by atoms with E-state index in [0.717, 1.165) is 50.5 Å². The fourth-order valence-corrected chi connectivity index (χ4v) is 4.93. The van der Waals surface area contributed by atoms with Gasteiger partial charge in [0.05, 0.1) is 19.2 Å². The summed E-state index contributed by atoms with van der Waals surface area (Å²) in [7, 11) is 0. The zero-order chi connectivity index (χ0) is 27.4. The van der Waals surface area contributed by atoms with Gasteiger partial charge in [-0.25, -0.2) is 14.2 Å². The quantitative estimate of drug-likeness (QED) is 0.359. The summed E-state index contributed by atoms with van der Waals surface area (Å²) in [5.41, 5.74) is 1.60. The molecule has 1 atom stereocenters. The van der Waals surface area contributed by atoms with Gasteiger partial charge in [0.15, 0.2) is 5.82 Å². The van der Waals surface area contributed by atoms with Gasteiger partial charge in [-0.1, -0.05) is 23.7 Å². The van der Waals surface area contributed by atoms with Crippen molar-refractivity contribution in [1.82, 2.24) is 24.6 Å². The van der Waals surface area contributed by atoms with Crippen molar-refractivity contribution in [3.63, 3.8) is 0 Å². The van der Waals surface area contributed by atoms with Crippen molar-refractivity contribution in [2.45, 2.75) is 57.9 Å². The highest BCUT2D eigenvalue weighted by Crippen LogP contribution is 2.29. The molecule has 1 N–H and O–H groups in total. The van der Waals surface area contributed by atoms with Gasteiger partial charge in [0, 0.05) is 40.4 Å². The van der Waals surface area contributed by atoms with Gasteiger partial charge in [0.25, 0.3) is 0 Å². The van der Waals surface area contributed by atoms with Crippen LogP contribution in [0.3, 0.4) is 0 Å². The van der Waals surface area contributed by atoms with Gasteiger partial charge in [-0.3, -0.25) is 4.90 Å². The first-order valence-corrected chi connectivity index (χ1v) is 13.4. The smallest absolute Gasteiger partial charge is 0.331 e. The standard InChI is InChI=1S/C28H31ClFN5O4/c1-18(28(36)37)13-25-32-33-26(35(25)15-22-9-12-38-22)16-34-10-7-19(8-11-34)24-3-2-4-27(31-24)39-17-20-5-6-21(29)14-23(20)30/h2-6,13-14,19,22H,7-12,15-17H2,1H3,(H,36,37)/b18-13+. The normalized spacial score (nSPS) is 18.6. The molecule has 2 aliphatic rings. The van der Waals surface area contributed by atoms with E-state index in [1.807, 2.05) is 16.7 Å². The summed E-state index contributed by atoms with van der Waals surface area (Å²) in [5, 5.41) is 18.3. The number of ether oxygens (including phenoxy) is 2. The lowest BCUT2D eigenvalue weighted by Crippen LogP contribution is -2.35. The third-order valence-corrected chi connectivity index (χ3v) is 7.46. The van der Waals surface area contributed by atoms with Crippen LogP contribution in [0.2, 0.25) is 5.02 Å². The van der Waals surface area contributed by atoms with E-state index in [-0.39, 0.29) is 24.2 Å². The van der Waals surface area contributed by atoms with Crippen LogP contribution in [0.25, 0.3) is 6.08 Å². The predicted octanol–water partition coefficient (Wildman–Crippen LogP) is 4.70. The van der Waals surface area contributed by atoms with Crippen molar-refractivity contribution >= 4 is 23.6 Å². The van der Waals surface area contributed by atoms with E-state index in [0.29, 0.717) is 35.4 Å². The molecule has 11 heteroatoms. The maximum absolute atomic E-state index is 14.1. The van der Waals surface area contributed by atoms with Gasteiger partial charge >= 0.3 is 5.97 Å². The monoisotopic (exact) mass is 555 g/mol. The fourth-order valence-electron chi connectivity index (χ4n) is 4.78. The molecule has 0 radical (unpaired) electrons. The van der Waals surface area contributed by atoms with Crippen LogP contribution in [0.4, 0.5) is 4.39 Å². The van der Waals surface area contributed by atoms with E-state index in [2.05, 4.69) is 15.1 Å². The maximum Gasteiger partial charge on any atom is 0.331 e. The molecule has 3 aromatic rings. The Morgan fingerprint density at radius 1 is 1.23 bits per heavy atom. The van der Waals surface area contributed by atoms with Crippen molar-refractivity contribution in [1.29, 1.82) is 0 Å². The Kier molecular flexibility index (Phi) is 8.54. The van der Waals surface area contributed by atoms with Crippen LogP contribution in [0.1, 0.15) is 55.0 Å². The molecule has 1 aromatic carbocycles. The molecule has 206 valence electrons. The first-order chi connectivity index (χ1) is 18.9. The van der Waals surface area contributed by atoms with Crippen molar-refractivity contribution in [3.8, 4) is 5.88 Å². The molecule has 0 amide bonds. The van der Waals surface area contributed by atoms with Crippen molar-refractivity contribution in [2.75, 3.05) is 19.7 Å². The van der Waals surface area contributed by atoms with Crippen molar-refractivity contribution in [3.05, 3.63) is 75.7 Å². The number of carboxylic acids is 1. The third kappa shape index (κ3) is 6.81. The van der Waals surface area contributed by atoms with Gasteiger partial charge in [-0.2, -0.15) is 0 Å². The van der Waals surface area contributed by atoms with Gasteiger partial charge in [-0.15, -0.1) is 10.2 Å². The molecule has 0 saturated carbocycles. The Balaban J connectivity index is 1.19. The summed E-state index contributed by atoms with van der Waals surface area (Å²) >= 11 is 5.83. The van der Waals surface area contributed by atoms with E-state index < -0.39 is 11.8 Å². The third-order valence-electron chi connectivity index (χ3n) is 7.23. The molecule has 2 aliphatic heterocycles. The highest BCUT2D eigenvalue weighted by Gasteiger charge is 2.26. The van der Waals surface area contributed by atoms with Crippen LogP contribution in [0.5, 0.6) is 5.88 Å². The van der Waals surface area contributed by atoms with Gasteiger partial charge < -0.3 is 19.1 Å². The Bertz CT molecular complexity index is 1350. The minimum Gasteiger partial charge on any atom is -0.478 e. The van der Waals surface area contributed by atoms with E-state index in [1.54, 1.807) is 31.2 Å². The molecule has 0 spiro atoms. The number of nitrogens with zero attached hydrogens (tertiary/aromatic N) is 5. The SMILES string of the molecule is C/C(=C\c1nnc(CN2CCC(c3cccc(OCc4ccc(Cl)cc4F)n3)CC2)n1CC1CCO1)C(=O)O. The maximum atomic E-state index is 14.1. The summed E-state index contributed by atoms with van der Waals surface area (Å²) < 4.78 is 27.4. The minimum absolute atomic E-state index is 0.0770. The Morgan fingerprint density at radius 2 is 2.03 bits per heavy atom. The lowest BCUT2D eigenvalue weighted by atomic mass is 9.93. The number of halogens is 2. The first-order valence-electron chi connectivity index (χ1n) is 13.1. The number of likely N-dealkylation sites (tertiary alicyclic amines) is 1. The Morgan fingerprint density at radius 3 is 2.72 bits per heavy atom. The molecule has 2 aromatic heterocycles. The highest BCUT2D eigenvalue weighted by molar-refractivity contribution is 6.30. The number of piperidine rings is 1. The predicted molar refractivity (Wildman–Crippen MR) is 143 cm³/mol. The van der Waals surface area contributed by atoms with Crippen LogP contribution >= 0.6 is 11.6 Å². The molecular formula is C28H31ClFN5O4. The highest BCUT2D eigenvalue weighted by atomic mass is 35.5. The first kappa shape index (κ1) is 27.2. The molecule has 2 saturated heterocycles. The van der Waals surface area contributed by atoms with Crippen LogP contribution in [-0.4, -0.2) is 61.5 Å².